The van der Waals surface area contributed by atoms with Gasteiger partial charge >= 0.3 is 0 Å². The topological polar surface area (TPSA) is 112 Å². The summed E-state index contributed by atoms with van der Waals surface area (Å²) in [5.74, 6) is 0.338. The molecule has 0 saturated heterocycles. The lowest BCUT2D eigenvalue weighted by atomic mass is 10.3. The normalized spacial score (nSPS) is 11.1. The van der Waals surface area contributed by atoms with Gasteiger partial charge in [0.05, 0.1) is 7.11 Å². The number of rotatable bonds is 2. The van der Waals surface area contributed by atoms with Gasteiger partial charge in [-0.2, -0.15) is 4.99 Å². The molecule has 1 aromatic rings. The van der Waals surface area contributed by atoms with E-state index in [1.165, 1.54) is 7.11 Å². The van der Waals surface area contributed by atoms with E-state index in [0.29, 0.717) is 15.9 Å². The fraction of sp³-hybridized carbons (Fsp3) is 0.111. The molecule has 1 rings (SSSR count). The van der Waals surface area contributed by atoms with Crippen LogP contribution in [0.25, 0.3) is 0 Å². The molecule has 0 aliphatic carbocycles. The van der Waals surface area contributed by atoms with Crippen molar-refractivity contribution in [2.45, 2.75) is 0 Å². The van der Waals surface area contributed by atoms with Crippen LogP contribution in [0.4, 0.5) is 5.69 Å². The number of methoxy groups -OCH3 is 1. The molecular weight excluding hydrogens is 354 g/mol. The van der Waals surface area contributed by atoms with Crippen LogP contribution in [0, 0.1) is 0 Å². The van der Waals surface area contributed by atoms with Crippen molar-refractivity contribution in [1.82, 2.24) is 0 Å². The Morgan fingerprint density at radius 2 is 1.88 bits per heavy atom. The molecule has 0 amide bonds. The van der Waals surface area contributed by atoms with Crippen molar-refractivity contribution in [3.05, 3.63) is 21.1 Å². The second-order valence-corrected chi connectivity index (χ2v) is 4.72. The van der Waals surface area contributed by atoms with Crippen LogP contribution in [-0.2, 0) is 0 Å². The Hall–Kier alpha value is -1.28. The first kappa shape index (κ1) is 13.8. The van der Waals surface area contributed by atoms with Crippen LogP contribution in [0.1, 0.15) is 0 Å². The van der Waals surface area contributed by atoms with Gasteiger partial charge in [-0.05, 0) is 28.1 Å². The van der Waals surface area contributed by atoms with E-state index >= 15 is 0 Å². The van der Waals surface area contributed by atoms with Gasteiger partial charge in [-0.15, -0.1) is 0 Å². The van der Waals surface area contributed by atoms with Gasteiger partial charge in [0.1, 0.15) is 11.4 Å². The molecule has 6 N–H and O–H groups in total. The molecule has 0 fully saturated rings. The number of benzene rings is 1. The van der Waals surface area contributed by atoms with Crippen LogP contribution in [0.3, 0.4) is 0 Å². The van der Waals surface area contributed by atoms with Gasteiger partial charge < -0.3 is 21.9 Å². The van der Waals surface area contributed by atoms with Gasteiger partial charge in [0.25, 0.3) is 0 Å². The third-order valence-corrected chi connectivity index (χ3v) is 2.75. The van der Waals surface area contributed by atoms with E-state index in [2.05, 4.69) is 41.8 Å². The highest BCUT2D eigenvalue weighted by atomic mass is 79.9. The van der Waals surface area contributed by atoms with E-state index < -0.39 is 0 Å². The predicted octanol–water partition coefficient (Wildman–Crippen LogP) is 1.44. The largest absolute Gasteiger partial charge is 0.494 e. The van der Waals surface area contributed by atoms with Gasteiger partial charge in [-0.1, -0.05) is 15.9 Å². The molecule has 0 heterocycles. The van der Waals surface area contributed by atoms with E-state index in [-0.39, 0.29) is 11.9 Å². The molecule has 0 aromatic heterocycles. The molecule has 92 valence electrons. The Bertz CT molecular complexity index is 483. The second kappa shape index (κ2) is 5.87. The number of nitrogens with two attached hydrogens (primary N) is 3. The molecule has 6 nitrogen and oxygen atoms in total. The maximum Gasteiger partial charge on any atom is 0.223 e. The Morgan fingerprint density at radius 3 is 2.41 bits per heavy atom. The van der Waals surface area contributed by atoms with E-state index in [4.69, 9.17) is 21.9 Å². The standard InChI is InChI=1S/C9H11Br2N5O/c1-17-6-3-4(10)2-5(11)7(6)15-9(14)16-8(12)13/h2-3H,1H3,(H6,12,13,14,15,16). The number of guanidine groups is 2. The summed E-state index contributed by atoms with van der Waals surface area (Å²) >= 11 is 6.69. The van der Waals surface area contributed by atoms with E-state index in [9.17, 15) is 0 Å². The maximum atomic E-state index is 5.55. The smallest absolute Gasteiger partial charge is 0.223 e. The summed E-state index contributed by atoms with van der Waals surface area (Å²) in [7, 11) is 1.53. The van der Waals surface area contributed by atoms with E-state index in [1.54, 1.807) is 6.07 Å². The number of hydrogen-bond acceptors (Lipinski definition) is 2. The summed E-state index contributed by atoms with van der Waals surface area (Å²) in [5, 5.41) is 0. The summed E-state index contributed by atoms with van der Waals surface area (Å²) in [5.41, 5.74) is 16.5. The third-order valence-electron chi connectivity index (χ3n) is 1.68. The molecule has 0 bridgehead atoms. The minimum Gasteiger partial charge on any atom is -0.494 e. The molecule has 0 atom stereocenters. The number of ether oxygens (including phenoxy) is 1. The average molecular weight is 365 g/mol. The van der Waals surface area contributed by atoms with Crippen LogP contribution >= 0.6 is 31.9 Å². The van der Waals surface area contributed by atoms with Gasteiger partial charge in [-0.3, -0.25) is 0 Å². The lowest BCUT2D eigenvalue weighted by Gasteiger charge is -2.07. The van der Waals surface area contributed by atoms with E-state index in [0.717, 1.165) is 4.47 Å². The average Bonchev–Trinajstić information content (AvgIpc) is 2.20. The van der Waals surface area contributed by atoms with Crippen molar-refractivity contribution in [3.8, 4) is 5.75 Å². The lowest BCUT2D eigenvalue weighted by molar-refractivity contribution is 0.415. The maximum absolute atomic E-state index is 5.55. The Morgan fingerprint density at radius 1 is 1.24 bits per heavy atom. The van der Waals surface area contributed by atoms with Crippen LogP contribution in [0.2, 0.25) is 0 Å². The molecule has 0 aliphatic heterocycles. The molecule has 0 aliphatic rings. The molecule has 17 heavy (non-hydrogen) atoms. The Balaban J connectivity index is 3.27. The second-order valence-electron chi connectivity index (χ2n) is 2.95. The molecule has 0 unspecified atom stereocenters. The highest BCUT2D eigenvalue weighted by Crippen LogP contribution is 2.38. The van der Waals surface area contributed by atoms with Gasteiger partial charge in [0.2, 0.25) is 5.96 Å². The highest BCUT2D eigenvalue weighted by molar-refractivity contribution is 9.11. The summed E-state index contributed by atoms with van der Waals surface area (Å²) in [4.78, 5) is 7.69. The van der Waals surface area contributed by atoms with Crippen LogP contribution < -0.4 is 21.9 Å². The minimum atomic E-state index is -0.154. The van der Waals surface area contributed by atoms with Gasteiger partial charge in [0, 0.05) is 8.95 Å². The first-order chi connectivity index (χ1) is 7.93. The fourth-order valence-corrected chi connectivity index (χ4v) is 2.35. The van der Waals surface area contributed by atoms with Crippen molar-refractivity contribution < 1.29 is 4.74 Å². The molecule has 0 spiro atoms. The highest BCUT2D eigenvalue weighted by Gasteiger charge is 2.09. The number of aliphatic imine (C=N–C) groups is 2. The molecule has 0 saturated carbocycles. The monoisotopic (exact) mass is 363 g/mol. The first-order valence-corrected chi connectivity index (χ1v) is 5.99. The van der Waals surface area contributed by atoms with Crippen molar-refractivity contribution in [2.75, 3.05) is 7.11 Å². The summed E-state index contributed by atoms with van der Waals surface area (Å²) in [6.45, 7) is 0. The van der Waals surface area contributed by atoms with Crippen molar-refractivity contribution in [2.24, 2.45) is 27.2 Å². The number of halogens is 2. The quantitative estimate of drug-likeness (QED) is 0.544. The zero-order valence-electron chi connectivity index (χ0n) is 8.95. The van der Waals surface area contributed by atoms with Gasteiger partial charge in [-0.25, -0.2) is 4.99 Å². The summed E-state index contributed by atoms with van der Waals surface area (Å²) in [6.07, 6.45) is 0. The SMILES string of the molecule is COc1cc(Br)cc(Br)c1N=C(N)N=C(N)N. The summed E-state index contributed by atoms with van der Waals surface area (Å²) < 4.78 is 6.73. The van der Waals surface area contributed by atoms with Crippen molar-refractivity contribution >= 4 is 49.5 Å². The Labute approximate surface area is 115 Å². The molecule has 8 heteroatoms. The van der Waals surface area contributed by atoms with Crippen molar-refractivity contribution in [1.29, 1.82) is 0 Å². The van der Waals surface area contributed by atoms with Gasteiger partial charge in [0.15, 0.2) is 5.96 Å². The third kappa shape index (κ3) is 3.90. The summed E-state index contributed by atoms with van der Waals surface area (Å²) in [6, 6.07) is 3.57. The minimum absolute atomic E-state index is 0.0497. The number of nitrogens with zero attached hydrogens (tertiary/aromatic N) is 2. The molecular formula is C9H11Br2N5O. The van der Waals surface area contributed by atoms with Crippen LogP contribution in [-0.4, -0.2) is 19.0 Å². The predicted molar refractivity (Wildman–Crippen MR) is 75.5 cm³/mol. The first-order valence-electron chi connectivity index (χ1n) is 4.41. The molecule has 0 radical (unpaired) electrons. The molecule has 1 aromatic carbocycles. The zero-order chi connectivity index (χ0) is 13.0. The zero-order valence-corrected chi connectivity index (χ0v) is 12.1. The van der Waals surface area contributed by atoms with Crippen LogP contribution in [0.15, 0.2) is 31.1 Å². The Kier molecular flexibility index (Phi) is 4.76. The fourth-order valence-electron chi connectivity index (χ4n) is 1.08. The lowest BCUT2D eigenvalue weighted by Crippen LogP contribution is -2.26. The van der Waals surface area contributed by atoms with Crippen LogP contribution in [0.5, 0.6) is 5.75 Å². The van der Waals surface area contributed by atoms with Crippen molar-refractivity contribution in [3.63, 3.8) is 0 Å². The van der Waals surface area contributed by atoms with E-state index in [1.807, 2.05) is 6.07 Å². The number of hydrogen-bond donors (Lipinski definition) is 3.